The van der Waals surface area contributed by atoms with Gasteiger partial charge in [-0.3, -0.25) is 9.00 Å². The van der Waals surface area contributed by atoms with E-state index in [0.29, 0.717) is 0 Å². The van der Waals surface area contributed by atoms with Crippen LogP contribution in [0.3, 0.4) is 0 Å². The summed E-state index contributed by atoms with van der Waals surface area (Å²) >= 11 is 0. The summed E-state index contributed by atoms with van der Waals surface area (Å²) in [6.07, 6.45) is 0. The lowest BCUT2D eigenvalue weighted by Crippen LogP contribution is -2.43. The van der Waals surface area contributed by atoms with Gasteiger partial charge in [-0.05, 0) is 6.92 Å². The molecule has 0 aromatic rings. The molecule has 1 aliphatic heterocycles. The Morgan fingerprint density at radius 1 is 1.54 bits per heavy atom. The molecule has 0 bridgehead atoms. The third kappa shape index (κ3) is 1.64. The predicted octanol–water partition coefficient (Wildman–Crippen LogP) is -0.776. The average molecular weight is 206 g/mol. The first-order chi connectivity index (χ1) is 6.02. The monoisotopic (exact) mass is 206 g/mol. The number of methoxy groups -OCH3 is 1. The molecule has 6 heteroatoms. The van der Waals surface area contributed by atoms with Crippen LogP contribution in [0.25, 0.3) is 0 Å². The summed E-state index contributed by atoms with van der Waals surface area (Å²) in [5.41, 5.74) is 0. The second kappa shape index (κ2) is 3.55. The highest BCUT2D eigenvalue weighted by Crippen LogP contribution is 2.23. The van der Waals surface area contributed by atoms with Crippen molar-refractivity contribution in [2.75, 3.05) is 19.5 Å². The normalized spacial score (nSPS) is 32.9. The Morgan fingerprint density at radius 3 is 2.54 bits per heavy atom. The molecular weight excluding hydrogens is 196 g/mol. The zero-order chi connectivity index (χ0) is 10.1. The van der Waals surface area contributed by atoms with Gasteiger partial charge in [0.15, 0.2) is 0 Å². The molecule has 0 aliphatic carbocycles. The number of Topliss-reactive ketones (excluding diaryl/α,β-unsaturated/α-hetero) is 1. The molecule has 5 nitrogen and oxygen atoms in total. The summed E-state index contributed by atoms with van der Waals surface area (Å²) in [5.74, 6) is -1.62. The summed E-state index contributed by atoms with van der Waals surface area (Å²) in [5, 5.41) is 0. The SMILES string of the molecule is COC(=O)C(=O)[C@@]1(C)OCC[S@]1=O. The van der Waals surface area contributed by atoms with Gasteiger partial charge in [-0.15, -0.1) is 0 Å². The Hall–Kier alpha value is -0.750. The third-order valence-corrected chi connectivity index (χ3v) is 3.57. The number of carbonyl (C=O) groups is 2. The molecule has 1 fully saturated rings. The highest BCUT2D eigenvalue weighted by atomic mass is 32.2. The Bertz CT molecular complexity index is 274. The van der Waals surface area contributed by atoms with Crippen LogP contribution in [0, 0.1) is 0 Å². The van der Waals surface area contributed by atoms with Crippen LogP contribution >= 0.6 is 0 Å². The highest BCUT2D eigenvalue weighted by Gasteiger charge is 2.48. The predicted molar refractivity (Wildman–Crippen MR) is 44.4 cm³/mol. The van der Waals surface area contributed by atoms with Crippen molar-refractivity contribution in [2.24, 2.45) is 0 Å². The fraction of sp³-hybridized carbons (Fsp3) is 0.714. The molecule has 1 rings (SSSR count). The van der Waals surface area contributed by atoms with E-state index >= 15 is 0 Å². The van der Waals surface area contributed by atoms with E-state index in [4.69, 9.17) is 4.74 Å². The second-order valence-electron chi connectivity index (χ2n) is 2.66. The van der Waals surface area contributed by atoms with E-state index in [-0.39, 0.29) is 12.4 Å². The van der Waals surface area contributed by atoms with Crippen molar-refractivity contribution < 1.29 is 23.3 Å². The molecule has 1 saturated heterocycles. The van der Waals surface area contributed by atoms with Gasteiger partial charge in [0.05, 0.1) is 30.3 Å². The highest BCUT2D eigenvalue weighted by molar-refractivity contribution is 7.87. The molecule has 0 saturated carbocycles. The molecule has 13 heavy (non-hydrogen) atoms. The zero-order valence-corrected chi connectivity index (χ0v) is 8.18. The molecule has 0 radical (unpaired) electrons. The Morgan fingerprint density at radius 2 is 2.15 bits per heavy atom. The number of carbonyl (C=O) groups excluding carboxylic acids is 2. The maximum atomic E-state index is 11.3. The summed E-state index contributed by atoms with van der Waals surface area (Å²) in [6.45, 7) is 1.57. The summed E-state index contributed by atoms with van der Waals surface area (Å²) in [6, 6.07) is 0. The third-order valence-electron chi connectivity index (χ3n) is 1.86. The van der Waals surface area contributed by atoms with Crippen molar-refractivity contribution in [2.45, 2.75) is 11.9 Å². The average Bonchev–Trinajstić information content (AvgIpc) is 2.46. The molecule has 0 unspecified atom stereocenters. The number of ketones is 1. The molecule has 74 valence electrons. The fourth-order valence-corrected chi connectivity index (χ4v) is 2.15. The largest absolute Gasteiger partial charge is 0.463 e. The van der Waals surface area contributed by atoms with Crippen molar-refractivity contribution in [1.29, 1.82) is 0 Å². The summed E-state index contributed by atoms with van der Waals surface area (Å²) in [7, 11) is -0.352. The smallest absolute Gasteiger partial charge is 0.378 e. The molecule has 0 N–H and O–H groups in total. The summed E-state index contributed by atoms with van der Waals surface area (Å²) < 4.78 is 20.5. The van der Waals surface area contributed by atoms with E-state index in [0.717, 1.165) is 7.11 Å². The fourth-order valence-electron chi connectivity index (χ4n) is 1.02. The van der Waals surface area contributed by atoms with Gasteiger partial charge in [0.2, 0.25) is 4.93 Å². The van der Waals surface area contributed by atoms with E-state index in [1.807, 2.05) is 0 Å². The first-order valence-corrected chi connectivity index (χ1v) is 4.99. The Kier molecular flexibility index (Phi) is 2.82. The number of hydrogen-bond acceptors (Lipinski definition) is 5. The zero-order valence-electron chi connectivity index (χ0n) is 7.36. The molecule has 0 aromatic heterocycles. The quantitative estimate of drug-likeness (QED) is 0.438. The van der Waals surface area contributed by atoms with Gasteiger partial charge in [-0.25, -0.2) is 4.79 Å². The van der Waals surface area contributed by atoms with E-state index in [1.165, 1.54) is 6.92 Å². The number of ether oxygens (including phenoxy) is 2. The lowest BCUT2D eigenvalue weighted by Gasteiger charge is -2.17. The Labute approximate surface area is 77.8 Å². The lowest BCUT2D eigenvalue weighted by molar-refractivity contribution is -0.157. The van der Waals surface area contributed by atoms with Crippen LogP contribution in [0.4, 0.5) is 0 Å². The van der Waals surface area contributed by atoms with Gasteiger partial charge >= 0.3 is 5.97 Å². The van der Waals surface area contributed by atoms with Gasteiger partial charge < -0.3 is 9.47 Å². The molecule has 1 heterocycles. The van der Waals surface area contributed by atoms with Crippen molar-refractivity contribution in [3.63, 3.8) is 0 Å². The van der Waals surface area contributed by atoms with Crippen LogP contribution < -0.4 is 0 Å². The molecule has 0 aromatic carbocycles. The first-order valence-electron chi connectivity index (χ1n) is 3.67. The van der Waals surface area contributed by atoms with Gasteiger partial charge in [0.1, 0.15) is 0 Å². The topological polar surface area (TPSA) is 69.7 Å². The van der Waals surface area contributed by atoms with E-state index in [1.54, 1.807) is 0 Å². The minimum absolute atomic E-state index is 0.228. The Balaban J connectivity index is 2.86. The number of esters is 1. The van der Waals surface area contributed by atoms with Crippen LogP contribution in [-0.2, 0) is 29.9 Å². The van der Waals surface area contributed by atoms with E-state index in [9.17, 15) is 13.8 Å². The molecular formula is C7H10O5S. The van der Waals surface area contributed by atoms with E-state index in [2.05, 4.69) is 4.74 Å². The van der Waals surface area contributed by atoms with Crippen LogP contribution in [0.1, 0.15) is 6.92 Å². The van der Waals surface area contributed by atoms with Crippen molar-refractivity contribution in [1.82, 2.24) is 0 Å². The van der Waals surface area contributed by atoms with Crippen molar-refractivity contribution in [3.8, 4) is 0 Å². The van der Waals surface area contributed by atoms with Gasteiger partial charge in [0.25, 0.3) is 5.78 Å². The van der Waals surface area contributed by atoms with Crippen molar-refractivity contribution >= 4 is 22.6 Å². The number of hydrogen-bond donors (Lipinski definition) is 0. The standard InChI is InChI=1S/C7H10O5S/c1-7(5(8)6(9)11-2)12-3-4-13(7)10/h3-4H2,1-2H3/t7-,13+/m0/s1. The molecule has 0 spiro atoms. The second-order valence-corrected chi connectivity index (χ2v) is 4.54. The van der Waals surface area contributed by atoms with Crippen LogP contribution in [0.5, 0.6) is 0 Å². The molecule has 2 atom stereocenters. The minimum atomic E-state index is -1.51. The lowest BCUT2D eigenvalue weighted by atomic mass is 10.2. The summed E-state index contributed by atoms with van der Waals surface area (Å²) in [4.78, 5) is 20.7. The van der Waals surface area contributed by atoms with Crippen LogP contribution in [0.15, 0.2) is 0 Å². The maximum absolute atomic E-state index is 11.3. The van der Waals surface area contributed by atoms with E-state index < -0.39 is 27.5 Å². The minimum Gasteiger partial charge on any atom is -0.463 e. The van der Waals surface area contributed by atoms with Gasteiger partial charge in [0, 0.05) is 0 Å². The van der Waals surface area contributed by atoms with Gasteiger partial charge in [-0.2, -0.15) is 0 Å². The van der Waals surface area contributed by atoms with Crippen LogP contribution in [-0.4, -0.2) is 40.4 Å². The first kappa shape index (κ1) is 10.3. The maximum Gasteiger partial charge on any atom is 0.378 e. The van der Waals surface area contributed by atoms with Crippen LogP contribution in [0.2, 0.25) is 0 Å². The number of rotatable bonds is 2. The van der Waals surface area contributed by atoms with Crippen molar-refractivity contribution in [3.05, 3.63) is 0 Å². The molecule has 0 amide bonds. The molecule has 1 aliphatic rings. The van der Waals surface area contributed by atoms with Gasteiger partial charge in [-0.1, -0.05) is 0 Å².